The lowest BCUT2D eigenvalue weighted by Gasteiger charge is -2.37. The Hall–Kier alpha value is -2.48. The lowest BCUT2D eigenvalue weighted by atomic mass is 9.81. The molecule has 8 heteroatoms. The van der Waals surface area contributed by atoms with E-state index in [1.54, 1.807) is 12.3 Å². The molecule has 172 valence electrons. The van der Waals surface area contributed by atoms with Gasteiger partial charge in [0.05, 0.1) is 6.20 Å². The summed E-state index contributed by atoms with van der Waals surface area (Å²) < 4.78 is 53.4. The predicted molar refractivity (Wildman–Crippen MR) is 110 cm³/mol. The van der Waals surface area contributed by atoms with Crippen molar-refractivity contribution in [3.8, 4) is 0 Å². The first-order chi connectivity index (χ1) is 15.1. The van der Waals surface area contributed by atoms with Crippen molar-refractivity contribution in [1.82, 2.24) is 9.88 Å². The van der Waals surface area contributed by atoms with E-state index in [1.165, 1.54) is 18.3 Å². The molecule has 1 amide bonds. The van der Waals surface area contributed by atoms with Gasteiger partial charge >= 0.3 is 6.18 Å². The maximum absolute atomic E-state index is 14.1. The second-order valence-corrected chi connectivity index (χ2v) is 8.99. The Morgan fingerprint density at radius 2 is 1.56 bits per heavy atom. The van der Waals surface area contributed by atoms with Crippen LogP contribution in [0.4, 0.5) is 17.6 Å². The van der Waals surface area contributed by atoms with Gasteiger partial charge in [-0.3, -0.25) is 9.78 Å². The van der Waals surface area contributed by atoms with Crippen molar-refractivity contribution in [1.29, 1.82) is 0 Å². The number of carbonyl (C=O) groups excluding carboxylic acids is 1. The number of hydrogen-bond donors (Lipinski definition) is 1. The summed E-state index contributed by atoms with van der Waals surface area (Å²) in [7, 11) is 0. The lowest BCUT2D eigenvalue weighted by Crippen LogP contribution is -2.44. The molecule has 32 heavy (non-hydrogen) atoms. The van der Waals surface area contributed by atoms with Gasteiger partial charge in [-0.15, -0.1) is 0 Å². The standard InChI is InChI=1S/C24H26F4N2O2/c1-23(32,24(26,27)28)17-6-2-16(3-7-17)22(31)30(19-10-11-19)18-8-4-15(5-9-18)20-12-13-29-14-21(20)25/h2-3,6-7,12-15,18-19,32H,4-5,8-11H2,1H3. The average Bonchev–Trinajstić information content (AvgIpc) is 3.59. The smallest absolute Gasteiger partial charge is 0.376 e. The summed E-state index contributed by atoms with van der Waals surface area (Å²) in [5, 5.41) is 9.85. The minimum atomic E-state index is -4.81. The Morgan fingerprint density at radius 1 is 1.00 bits per heavy atom. The summed E-state index contributed by atoms with van der Waals surface area (Å²) in [5.74, 6) is -0.417. The minimum absolute atomic E-state index is 0.0223. The molecule has 1 unspecified atom stereocenters. The highest BCUT2D eigenvalue weighted by Crippen LogP contribution is 2.41. The van der Waals surface area contributed by atoms with Gasteiger partial charge in [0, 0.05) is 23.8 Å². The number of aromatic nitrogens is 1. The Morgan fingerprint density at radius 3 is 2.06 bits per heavy atom. The van der Waals surface area contributed by atoms with Gasteiger partial charge in [0.2, 0.25) is 0 Å². The first-order valence-corrected chi connectivity index (χ1v) is 10.9. The number of amides is 1. The number of alkyl halides is 3. The fraction of sp³-hybridized carbons (Fsp3) is 0.500. The van der Waals surface area contributed by atoms with E-state index in [9.17, 15) is 27.5 Å². The van der Waals surface area contributed by atoms with E-state index in [-0.39, 0.29) is 35.3 Å². The summed E-state index contributed by atoms with van der Waals surface area (Å²) in [4.78, 5) is 18.9. The van der Waals surface area contributed by atoms with Crippen molar-refractivity contribution < 1.29 is 27.5 Å². The Labute approximate surface area is 184 Å². The molecule has 2 aliphatic rings. The highest BCUT2D eigenvalue weighted by atomic mass is 19.4. The molecule has 0 spiro atoms. The maximum atomic E-state index is 14.1. The third-order valence-corrected chi connectivity index (χ3v) is 6.75. The molecular weight excluding hydrogens is 424 g/mol. The molecule has 4 nitrogen and oxygen atoms in total. The van der Waals surface area contributed by atoms with Crippen molar-refractivity contribution in [2.75, 3.05) is 0 Å². The Kier molecular flexibility index (Phi) is 6.00. The number of carbonyl (C=O) groups is 1. The monoisotopic (exact) mass is 450 g/mol. The van der Waals surface area contributed by atoms with Gasteiger partial charge in [-0.25, -0.2) is 4.39 Å². The highest BCUT2D eigenvalue weighted by molar-refractivity contribution is 5.95. The largest absolute Gasteiger partial charge is 0.421 e. The van der Waals surface area contributed by atoms with E-state index >= 15 is 0 Å². The number of pyridine rings is 1. The van der Waals surface area contributed by atoms with E-state index in [2.05, 4.69) is 4.98 Å². The molecule has 1 heterocycles. The number of rotatable bonds is 5. The van der Waals surface area contributed by atoms with Crippen LogP contribution in [0.15, 0.2) is 42.7 Å². The molecule has 2 fully saturated rings. The van der Waals surface area contributed by atoms with Crippen molar-refractivity contribution in [2.45, 2.75) is 75.2 Å². The zero-order valence-electron chi connectivity index (χ0n) is 17.8. The second-order valence-electron chi connectivity index (χ2n) is 8.99. The Bertz CT molecular complexity index is 963. The van der Waals surface area contributed by atoms with E-state index in [0.717, 1.165) is 50.7 Å². The fourth-order valence-corrected chi connectivity index (χ4v) is 4.61. The van der Waals surface area contributed by atoms with Gasteiger partial charge < -0.3 is 10.0 Å². The van der Waals surface area contributed by atoms with Crippen LogP contribution in [0.2, 0.25) is 0 Å². The number of hydrogen-bond acceptors (Lipinski definition) is 3. The van der Waals surface area contributed by atoms with Gasteiger partial charge in [0.25, 0.3) is 5.91 Å². The van der Waals surface area contributed by atoms with Crippen LogP contribution in [0.5, 0.6) is 0 Å². The molecular formula is C24H26F4N2O2. The zero-order chi connectivity index (χ0) is 23.1. The molecule has 1 aromatic heterocycles. The van der Waals surface area contributed by atoms with Gasteiger partial charge in [-0.2, -0.15) is 13.2 Å². The molecule has 2 aromatic rings. The van der Waals surface area contributed by atoms with Crippen molar-refractivity contribution >= 4 is 5.91 Å². The molecule has 0 radical (unpaired) electrons. The molecule has 0 aliphatic heterocycles. The number of nitrogens with zero attached hydrogens (tertiary/aromatic N) is 2. The van der Waals surface area contributed by atoms with E-state index in [0.29, 0.717) is 18.1 Å². The van der Waals surface area contributed by atoms with Gasteiger partial charge in [-0.1, -0.05) is 12.1 Å². The van der Waals surface area contributed by atoms with Crippen LogP contribution in [-0.4, -0.2) is 39.2 Å². The quantitative estimate of drug-likeness (QED) is 0.628. The van der Waals surface area contributed by atoms with Crippen molar-refractivity contribution in [3.63, 3.8) is 0 Å². The van der Waals surface area contributed by atoms with Crippen LogP contribution < -0.4 is 0 Å². The molecule has 1 aromatic carbocycles. The first-order valence-electron chi connectivity index (χ1n) is 10.9. The summed E-state index contributed by atoms with van der Waals surface area (Å²) in [6.07, 6.45) is 2.82. The van der Waals surface area contributed by atoms with Crippen LogP contribution >= 0.6 is 0 Å². The Balaban J connectivity index is 1.47. The van der Waals surface area contributed by atoms with Crippen LogP contribution in [0.1, 0.15) is 72.9 Å². The van der Waals surface area contributed by atoms with E-state index in [1.807, 2.05) is 4.90 Å². The molecule has 4 rings (SSSR count). The third kappa shape index (κ3) is 4.37. The summed E-state index contributed by atoms with van der Waals surface area (Å²) in [6.45, 7) is 0.699. The summed E-state index contributed by atoms with van der Waals surface area (Å²) >= 11 is 0. The first kappa shape index (κ1) is 22.7. The topological polar surface area (TPSA) is 53.4 Å². The number of halogens is 4. The number of benzene rings is 1. The normalized spacial score (nSPS) is 23.4. The summed E-state index contributed by atoms with van der Waals surface area (Å²) in [6, 6.07) is 6.90. The van der Waals surface area contributed by atoms with Crippen LogP contribution in [-0.2, 0) is 5.60 Å². The average molecular weight is 450 g/mol. The van der Waals surface area contributed by atoms with Crippen LogP contribution in [0.25, 0.3) is 0 Å². The van der Waals surface area contributed by atoms with Gasteiger partial charge in [-0.05, 0) is 80.7 Å². The SMILES string of the molecule is CC(O)(c1ccc(C(=O)N(C2CCC(c3ccncc3F)CC2)C2CC2)cc1)C(F)(F)F. The highest BCUT2D eigenvalue weighted by Gasteiger charge is 2.51. The minimum Gasteiger partial charge on any atom is -0.376 e. The zero-order valence-corrected chi connectivity index (χ0v) is 17.8. The van der Waals surface area contributed by atoms with Crippen LogP contribution in [0, 0.1) is 5.82 Å². The van der Waals surface area contributed by atoms with E-state index < -0.39 is 11.8 Å². The number of aliphatic hydroxyl groups is 1. The van der Waals surface area contributed by atoms with E-state index in [4.69, 9.17) is 0 Å². The second kappa shape index (κ2) is 8.46. The molecule has 0 saturated heterocycles. The fourth-order valence-electron chi connectivity index (χ4n) is 4.61. The lowest BCUT2D eigenvalue weighted by molar-refractivity contribution is -0.258. The van der Waals surface area contributed by atoms with Gasteiger partial charge in [0.1, 0.15) is 5.82 Å². The molecule has 1 atom stereocenters. The molecule has 2 aliphatic carbocycles. The third-order valence-electron chi connectivity index (χ3n) is 6.75. The molecule has 0 bridgehead atoms. The van der Waals surface area contributed by atoms with Crippen LogP contribution in [0.3, 0.4) is 0 Å². The van der Waals surface area contributed by atoms with Crippen molar-refractivity contribution in [2.24, 2.45) is 0 Å². The summed E-state index contributed by atoms with van der Waals surface area (Å²) in [5.41, 5.74) is -2.32. The maximum Gasteiger partial charge on any atom is 0.421 e. The molecule has 2 saturated carbocycles. The van der Waals surface area contributed by atoms with Gasteiger partial charge in [0.15, 0.2) is 5.60 Å². The van der Waals surface area contributed by atoms with Crippen molar-refractivity contribution in [3.05, 3.63) is 65.2 Å². The predicted octanol–water partition coefficient (Wildman–Crippen LogP) is 5.32. The molecule has 1 N–H and O–H groups in total.